The Morgan fingerprint density at radius 2 is 1.79 bits per heavy atom. The Hall–Kier alpha value is -3.80. The van der Waals surface area contributed by atoms with Gasteiger partial charge in [-0.25, -0.2) is 9.18 Å². The number of hydrogen-bond donors (Lipinski definition) is 1. The molecule has 0 saturated carbocycles. The molecule has 1 N–H and O–H groups in total. The molecular weight excluding hydrogens is 458 g/mol. The van der Waals surface area contributed by atoms with Crippen molar-refractivity contribution in [1.29, 1.82) is 0 Å². The average molecular weight is 479 g/mol. The number of likely N-dealkylation sites (N-methyl/N-ethyl adjacent to an activating group) is 1. The van der Waals surface area contributed by atoms with E-state index in [1.54, 1.807) is 19.0 Å². The number of aromatic nitrogens is 3. The monoisotopic (exact) mass is 479 g/mol. The number of carbonyl (C=O) groups is 1. The van der Waals surface area contributed by atoms with Gasteiger partial charge in [-0.3, -0.25) is 14.2 Å². The maximum absolute atomic E-state index is 14.2. The summed E-state index contributed by atoms with van der Waals surface area (Å²) in [6, 6.07) is 9.09. The Morgan fingerprint density at radius 1 is 1.09 bits per heavy atom. The van der Waals surface area contributed by atoms with E-state index in [-0.39, 0.29) is 17.8 Å². The van der Waals surface area contributed by atoms with Gasteiger partial charge < -0.3 is 10.2 Å². The van der Waals surface area contributed by atoms with E-state index in [1.165, 1.54) is 24.3 Å². The van der Waals surface area contributed by atoms with Crippen LogP contribution in [-0.2, 0) is 12.7 Å². The van der Waals surface area contributed by atoms with Gasteiger partial charge in [0, 0.05) is 18.7 Å². The van der Waals surface area contributed by atoms with Crippen molar-refractivity contribution in [2.75, 3.05) is 27.2 Å². The third-order valence-corrected chi connectivity index (χ3v) is 4.82. The fourth-order valence-corrected chi connectivity index (χ4v) is 3.05. The molecule has 0 aliphatic carbocycles. The highest BCUT2D eigenvalue weighted by atomic mass is 19.4. The van der Waals surface area contributed by atoms with Gasteiger partial charge in [0.25, 0.3) is 11.5 Å². The second-order valence-electron chi connectivity index (χ2n) is 7.63. The van der Waals surface area contributed by atoms with Crippen molar-refractivity contribution in [3.8, 4) is 5.69 Å². The first-order chi connectivity index (χ1) is 16.0. The van der Waals surface area contributed by atoms with Crippen molar-refractivity contribution in [2.24, 2.45) is 0 Å². The van der Waals surface area contributed by atoms with Gasteiger partial charge in [-0.1, -0.05) is 24.3 Å². The number of nitrogens with one attached hydrogen (secondary N) is 1. The molecule has 0 spiro atoms. The summed E-state index contributed by atoms with van der Waals surface area (Å²) >= 11 is 0. The third-order valence-electron chi connectivity index (χ3n) is 4.82. The van der Waals surface area contributed by atoms with Crippen LogP contribution in [0.2, 0.25) is 0 Å². The molecule has 3 rings (SSSR count). The summed E-state index contributed by atoms with van der Waals surface area (Å²) in [4.78, 5) is 40.5. The van der Waals surface area contributed by atoms with Gasteiger partial charge in [0.2, 0.25) is 5.69 Å². The van der Waals surface area contributed by atoms with Gasteiger partial charge in [0.05, 0.1) is 17.8 Å². The minimum atomic E-state index is -4.70. The zero-order valence-corrected chi connectivity index (χ0v) is 18.3. The molecule has 12 heteroatoms. The predicted octanol–water partition coefficient (Wildman–Crippen LogP) is 1.89. The predicted molar refractivity (Wildman–Crippen MR) is 115 cm³/mol. The molecule has 0 saturated heterocycles. The molecule has 2 aromatic carbocycles. The smallest absolute Gasteiger partial charge is 0.349 e. The van der Waals surface area contributed by atoms with Gasteiger partial charge in [-0.2, -0.15) is 23.0 Å². The summed E-state index contributed by atoms with van der Waals surface area (Å²) in [5.74, 6) is -1.62. The molecule has 0 fully saturated rings. The minimum Gasteiger partial charge on any atom is -0.349 e. The van der Waals surface area contributed by atoms with Crippen LogP contribution in [-0.4, -0.2) is 52.3 Å². The van der Waals surface area contributed by atoms with E-state index in [1.807, 2.05) is 0 Å². The molecule has 0 aliphatic heterocycles. The number of amides is 1. The zero-order valence-electron chi connectivity index (χ0n) is 18.3. The van der Waals surface area contributed by atoms with E-state index in [2.05, 4.69) is 10.4 Å². The van der Waals surface area contributed by atoms with Gasteiger partial charge in [0.1, 0.15) is 5.82 Å². The fourth-order valence-electron chi connectivity index (χ4n) is 3.05. The Morgan fingerprint density at radius 3 is 2.44 bits per heavy atom. The van der Waals surface area contributed by atoms with Crippen molar-refractivity contribution < 1.29 is 22.4 Å². The molecule has 0 bridgehead atoms. The van der Waals surface area contributed by atoms with Crippen molar-refractivity contribution >= 4 is 5.91 Å². The highest BCUT2D eigenvalue weighted by Crippen LogP contribution is 2.29. The summed E-state index contributed by atoms with van der Waals surface area (Å²) in [5, 5.41) is 6.25. The van der Waals surface area contributed by atoms with E-state index in [4.69, 9.17) is 0 Å². The quantitative estimate of drug-likeness (QED) is 0.523. The van der Waals surface area contributed by atoms with Crippen molar-refractivity contribution in [1.82, 2.24) is 24.6 Å². The number of benzene rings is 2. The fraction of sp³-hybridized carbons (Fsp3) is 0.273. The molecule has 1 amide bonds. The van der Waals surface area contributed by atoms with Crippen LogP contribution in [0.4, 0.5) is 17.6 Å². The number of nitrogens with zero attached hydrogens (tertiary/aromatic N) is 4. The normalized spacial score (nSPS) is 11.6. The van der Waals surface area contributed by atoms with Crippen LogP contribution in [0.5, 0.6) is 0 Å². The van der Waals surface area contributed by atoms with Crippen molar-refractivity contribution in [2.45, 2.75) is 12.7 Å². The Labute approximate surface area is 191 Å². The van der Waals surface area contributed by atoms with E-state index in [0.29, 0.717) is 21.9 Å². The standard InChI is InChI=1S/C22H21F4N5O3/c1-29(2)11-10-27-19(32)18-20(33)30(13-14-6-3-4-9-17(14)23)21(34)31(28-18)16-8-5-7-15(12-16)22(24,25)26/h3-9,12H,10-11,13H2,1-2H3,(H,27,32). The Kier molecular flexibility index (Phi) is 7.30. The lowest BCUT2D eigenvalue weighted by Crippen LogP contribution is -2.46. The van der Waals surface area contributed by atoms with Gasteiger partial charge in [-0.15, -0.1) is 0 Å². The van der Waals surface area contributed by atoms with E-state index >= 15 is 0 Å². The Balaban J connectivity index is 2.17. The minimum absolute atomic E-state index is 0.0255. The first-order valence-electron chi connectivity index (χ1n) is 10.1. The number of halogens is 4. The average Bonchev–Trinajstić information content (AvgIpc) is 2.77. The molecule has 180 valence electrons. The van der Waals surface area contributed by atoms with Crippen LogP contribution in [0.1, 0.15) is 21.6 Å². The van der Waals surface area contributed by atoms with Crippen LogP contribution in [0.15, 0.2) is 58.1 Å². The molecule has 1 aromatic heterocycles. The van der Waals surface area contributed by atoms with Crippen LogP contribution >= 0.6 is 0 Å². The van der Waals surface area contributed by atoms with Crippen LogP contribution < -0.4 is 16.6 Å². The zero-order chi connectivity index (χ0) is 25.0. The maximum Gasteiger partial charge on any atom is 0.416 e. The number of rotatable bonds is 7. The second-order valence-corrected chi connectivity index (χ2v) is 7.63. The molecule has 8 nitrogen and oxygen atoms in total. The van der Waals surface area contributed by atoms with Gasteiger partial charge >= 0.3 is 11.9 Å². The number of alkyl halides is 3. The molecular formula is C22H21F4N5O3. The second kappa shape index (κ2) is 10.00. The summed E-state index contributed by atoms with van der Waals surface area (Å²) < 4.78 is 54.9. The van der Waals surface area contributed by atoms with E-state index < -0.39 is 47.0 Å². The van der Waals surface area contributed by atoms with Gasteiger partial charge in [-0.05, 0) is 38.4 Å². The molecule has 0 aliphatic rings. The highest BCUT2D eigenvalue weighted by molar-refractivity contribution is 5.91. The summed E-state index contributed by atoms with van der Waals surface area (Å²) in [6.45, 7) is 0.0230. The SMILES string of the molecule is CN(C)CCNC(=O)c1nn(-c2cccc(C(F)(F)F)c2)c(=O)n(Cc2ccccc2F)c1=O. The van der Waals surface area contributed by atoms with E-state index in [0.717, 1.165) is 18.2 Å². The number of hydrogen-bond acceptors (Lipinski definition) is 5. The molecule has 0 radical (unpaired) electrons. The first kappa shape index (κ1) is 24.8. The molecule has 3 aromatic rings. The first-order valence-corrected chi connectivity index (χ1v) is 10.1. The van der Waals surface area contributed by atoms with Crippen LogP contribution in [0, 0.1) is 5.82 Å². The third kappa shape index (κ3) is 5.57. The summed E-state index contributed by atoms with van der Waals surface area (Å²) in [7, 11) is 3.53. The molecule has 0 unspecified atom stereocenters. The van der Waals surface area contributed by atoms with Crippen molar-refractivity contribution in [3.63, 3.8) is 0 Å². The highest BCUT2D eigenvalue weighted by Gasteiger charge is 2.31. The lowest BCUT2D eigenvalue weighted by atomic mass is 10.2. The van der Waals surface area contributed by atoms with Crippen LogP contribution in [0.3, 0.4) is 0 Å². The van der Waals surface area contributed by atoms with E-state index in [9.17, 15) is 31.9 Å². The molecule has 1 heterocycles. The largest absolute Gasteiger partial charge is 0.416 e. The lowest BCUT2D eigenvalue weighted by Gasteiger charge is -2.14. The number of carbonyl (C=O) groups excluding carboxylic acids is 1. The van der Waals surface area contributed by atoms with Crippen molar-refractivity contribution in [3.05, 3.63) is 92.0 Å². The molecule has 34 heavy (non-hydrogen) atoms. The molecule has 0 atom stereocenters. The maximum atomic E-state index is 14.2. The van der Waals surface area contributed by atoms with Crippen LogP contribution in [0.25, 0.3) is 5.69 Å². The van der Waals surface area contributed by atoms with Gasteiger partial charge in [0.15, 0.2) is 0 Å². The topological polar surface area (TPSA) is 89.2 Å². The summed E-state index contributed by atoms with van der Waals surface area (Å²) in [6.07, 6.45) is -4.70. The Bertz CT molecular complexity index is 1310. The lowest BCUT2D eigenvalue weighted by molar-refractivity contribution is -0.137. The summed E-state index contributed by atoms with van der Waals surface area (Å²) in [5.41, 5.74) is -4.34.